The summed E-state index contributed by atoms with van der Waals surface area (Å²) in [5, 5.41) is 6.50. The first-order valence-corrected chi connectivity index (χ1v) is 8.72. The molecule has 0 saturated heterocycles. The van der Waals surface area contributed by atoms with E-state index in [0.717, 1.165) is 13.0 Å². The molecule has 1 aliphatic rings. The van der Waals surface area contributed by atoms with E-state index in [1.807, 2.05) is 27.7 Å². The lowest BCUT2D eigenvalue weighted by atomic mass is 9.82. The van der Waals surface area contributed by atoms with Crippen LogP contribution in [0.1, 0.15) is 66.7 Å². The molecule has 1 fully saturated rings. The molecule has 0 aromatic rings. The van der Waals surface area contributed by atoms with Crippen LogP contribution in [0.5, 0.6) is 0 Å². The number of ether oxygens (including phenoxy) is 2. The molecule has 1 saturated carbocycles. The molecule has 1 amide bonds. The fraction of sp³-hybridized carbons (Fsp3) is 0.941. The van der Waals surface area contributed by atoms with Crippen LogP contribution in [0.25, 0.3) is 0 Å². The van der Waals surface area contributed by atoms with E-state index in [1.54, 1.807) is 0 Å². The average Bonchev–Trinajstić information content (AvgIpc) is 2.39. The maximum absolute atomic E-state index is 11.9. The lowest BCUT2D eigenvalue weighted by Crippen LogP contribution is -2.66. The van der Waals surface area contributed by atoms with Gasteiger partial charge in [-0.3, -0.25) is 0 Å². The summed E-state index contributed by atoms with van der Waals surface area (Å²) in [5.74, 6) is 0. The number of unbranched alkanes of at least 4 members (excludes halogenated alkanes) is 3. The van der Waals surface area contributed by atoms with Gasteiger partial charge < -0.3 is 20.1 Å². The quantitative estimate of drug-likeness (QED) is 0.642. The molecule has 5 heteroatoms. The van der Waals surface area contributed by atoms with Gasteiger partial charge in [-0.05, 0) is 47.1 Å². The Morgan fingerprint density at radius 2 is 1.91 bits per heavy atom. The monoisotopic (exact) mass is 314 g/mol. The fourth-order valence-electron chi connectivity index (χ4n) is 2.69. The van der Waals surface area contributed by atoms with Crippen molar-refractivity contribution >= 4 is 6.09 Å². The van der Waals surface area contributed by atoms with Crippen LogP contribution in [0, 0.1) is 0 Å². The molecule has 1 rings (SSSR count). The Morgan fingerprint density at radius 1 is 1.18 bits per heavy atom. The summed E-state index contributed by atoms with van der Waals surface area (Å²) in [5.41, 5.74) is -0.462. The Bertz CT molecular complexity index is 328. The summed E-state index contributed by atoms with van der Waals surface area (Å²) in [6, 6.07) is 0.284. The van der Waals surface area contributed by atoms with E-state index >= 15 is 0 Å². The third kappa shape index (κ3) is 6.97. The highest BCUT2D eigenvalue weighted by Gasteiger charge is 2.42. The lowest BCUT2D eigenvalue weighted by molar-refractivity contribution is -0.0432. The van der Waals surface area contributed by atoms with Crippen molar-refractivity contribution in [2.75, 3.05) is 13.2 Å². The Morgan fingerprint density at radius 3 is 2.50 bits per heavy atom. The van der Waals surface area contributed by atoms with Crippen LogP contribution < -0.4 is 10.6 Å². The van der Waals surface area contributed by atoms with E-state index in [0.29, 0.717) is 6.61 Å². The van der Waals surface area contributed by atoms with Gasteiger partial charge in [0.2, 0.25) is 0 Å². The van der Waals surface area contributed by atoms with Crippen molar-refractivity contribution in [3.05, 3.63) is 0 Å². The summed E-state index contributed by atoms with van der Waals surface area (Å²) < 4.78 is 11.1. The van der Waals surface area contributed by atoms with Gasteiger partial charge in [0.25, 0.3) is 0 Å². The highest BCUT2D eigenvalue weighted by Crippen LogP contribution is 2.25. The van der Waals surface area contributed by atoms with Crippen LogP contribution in [0.3, 0.4) is 0 Å². The molecule has 0 aromatic carbocycles. The predicted molar refractivity (Wildman–Crippen MR) is 89.1 cm³/mol. The first-order chi connectivity index (χ1) is 10.4. The molecule has 130 valence electrons. The number of hydrogen-bond acceptors (Lipinski definition) is 4. The topological polar surface area (TPSA) is 59.6 Å². The van der Waals surface area contributed by atoms with Gasteiger partial charge in [-0.15, -0.1) is 0 Å². The number of rotatable bonds is 9. The molecule has 0 spiro atoms. The average molecular weight is 314 g/mol. The predicted octanol–water partition coefficient (Wildman–Crippen LogP) is 3.23. The smallest absolute Gasteiger partial charge is 0.407 e. The van der Waals surface area contributed by atoms with Crippen molar-refractivity contribution in [2.24, 2.45) is 0 Å². The Labute approximate surface area is 135 Å². The van der Waals surface area contributed by atoms with Crippen LogP contribution in [0.15, 0.2) is 0 Å². The van der Waals surface area contributed by atoms with Crippen LogP contribution >= 0.6 is 0 Å². The highest BCUT2D eigenvalue weighted by molar-refractivity contribution is 5.68. The van der Waals surface area contributed by atoms with Crippen LogP contribution in [-0.4, -0.2) is 43.0 Å². The molecule has 0 radical (unpaired) electrons. The first kappa shape index (κ1) is 19.2. The molecule has 3 unspecified atom stereocenters. The van der Waals surface area contributed by atoms with Crippen molar-refractivity contribution in [1.82, 2.24) is 10.6 Å². The summed E-state index contributed by atoms with van der Waals surface area (Å²) in [4.78, 5) is 11.9. The van der Waals surface area contributed by atoms with Crippen LogP contribution in [-0.2, 0) is 9.47 Å². The summed E-state index contributed by atoms with van der Waals surface area (Å²) in [7, 11) is 0. The van der Waals surface area contributed by atoms with Crippen LogP contribution in [0.4, 0.5) is 4.79 Å². The number of hydrogen-bond donors (Lipinski definition) is 2. The zero-order valence-corrected chi connectivity index (χ0v) is 14.9. The SMILES string of the molecule is CCCCCCNC1C(NC(=O)OC(C)(C)C)CC1OCC. The van der Waals surface area contributed by atoms with Crippen LogP contribution in [0.2, 0.25) is 0 Å². The molecular formula is C17H34N2O3. The first-order valence-electron chi connectivity index (χ1n) is 8.72. The minimum Gasteiger partial charge on any atom is -0.444 e. The number of amides is 1. The van der Waals surface area contributed by atoms with Crippen molar-refractivity contribution in [3.63, 3.8) is 0 Å². The van der Waals surface area contributed by atoms with E-state index in [2.05, 4.69) is 17.6 Å². The van der Waals surface area contributed by atoms with E-state index in [4.69, 9.17) is 9.47 Å². The number of nitrogens with one attached hydrogen (secondary N) is 2. The van der Waals surface area contributed by atoms with Gasteiger partial charge in [0, 0.05) is 6.61 Å². The minimum atomic E-state index is -0.462. The maximum atomic E-state index is 11.9. The van der Waals surface area contributed by atoms with Crippen molar-refractivity contribution in [3.8, 4) is 0 Å². The van der Waals surface area contributed by atoms with E-state index in [1.165, 1.54) is 25.7 Å². The molecule has 0 heterocycles. The standard InChI is InChI=1S/C17H34N2O3/c1-6-8-9-10-11-18-15-13(12-14(15)21-7-2)19-16(20)22-17(3,4)5/h13-15,18H,6-12H2,1-5H3,(H,19,20). The van der Waals surface area contributed by atoms with Gasteiger partial charge >= 0.3 is 6.09 Å². The molecule has 3 atom stereocenters. The highest BCUT2D eigenvalue weighted by atomic mass is 16.6. The molecule has 1 aliphatic carbocycles. The Balaban J connectivity index is 2.36. The van der Waals surface area contributed by atoms with Gasteiger partial charge in [-0.2, -0.15) is 0 Å². The molecule has 22 heavy (non-hydrogen) atoms. The van der Waals surface area contributed by atoms with E-state index in [9.17, 15) is 4.79 Å². The summed E-state index contributed by atoms with van der Waals surface area (Å²) in [6.07, 6.45) is 5.64. The normalized spacial score (nSPS) is 24.7. The van der Waals surface area contributed by atoms with Crippen molar-refractivity contribution < 1.29 is 14.3 Å². The molecule has 0 aliphatic heterocycles. The van der Waals surface area contributed by atoms with Crippen molar-refractivity contribution in [2.45, 2.75) is 90.5 Å². The largest absolute Gasteiger partial charge is 0.444 e. The molecule has 2 N–H and O–H groups in total. The number of carbonyl (C=O) groups excluding carboxylic acids is 1. The number of alkyl carbamates (subject to hydrolysis) is 1. The van der Waals surface area contributed by atoms with Gasteiger partial charge in [0.1, 0.15) is 5.60 Å². The summed E-state index contributed by atoms with van der Waals surface area (Å²) in [6.45, 7) is 11.5. The van der Waals surface area contributed by atoms with Crippen molar-refractivity contribution in [1.29, 1.82) is 0 Å². The fourth-order valence-corrected chi connectivity index (χ4v) is 2.69. The van der Waals surface area contributed by atoms with E-state index in [-0.39, 0.29) is 24.3 Å². The second kappa shape index (κ2) is 9.36. The zero-order chi connectivity index (χ0) is 16.6. The molecule has 5 nitrogen and oxygen atoms in total. The third-order valence-electron chi connectivity index (χ3n) is 3.81. The second-order valence-electron chi connectivity index (χ2n) is 7.02. The Hall–Kier alpha value is -0.810. The maximum Gasteiger partial charge on any atom is 0.407 e. The zero-order valence-electron chi connectivity index (χ0n) is 14.9. The van der Waals surface area contributed by atoms with Gasteiger partial charge in [-0.25, -0.2) is 4.79 Å². The van der Waals surface area contributed by atoms with Gasteiger partial charge in [0.05, 0.1) is 18.2 Å². The summed E-state index contributed by atoms with van der Waals surface area (Å²) >= 11 is 0. The Kier molecular flexibility index (Phi) is 8.18. The lowest BCUT2D eigenvalue weighted by Gasteiger charge is -2.45. The molecular weight excluding hydrogens is 280 g/mol. The minimum absolute atomic E-state index is 0.0950. The second-order valence-corrected chi connectivity index (χ2v) is 7.02. The van der Waals surface area contributed by atoms with Gasteiger partial charge in [0.15, 0.2) is 0 Å². The molecule has 0 bridgehead atoms. The van der Waals surface area contributed by atoms with E-state index < -0.39 is 5.60 Å². The van der Waals surface area contributed by atoms with Gasteiger partial charge in [-0.1, -0.05) is 26.2 Å². The molecule has 0 aromatic heterocycles. The number of carbonyl (C=O) groups is 1. The third-order valence-corrected chi connectivity index (χ3v) is 3.81.